The molecule has 7 nitrogen and oxygen atoms in total. The van der Waals surface area contributed by atoms with E-state index in [0.29, 0.717) is 18.2 Å². The fraction of sp³-hybridized carbons (Fsp3) is 0.500. The molecule has 3 heterocycles. The minimum absolute atomic E-state index is 0.0604. The molecule has 2 aliphatic rings. The van der Waals surface area contributed by atoms with Gasteiger partial charge in [0.2, 0.25) is 5.91 Å². The van der Waals surface area contributed by atoms with Gasteiger partial charge in [-0.15, -0.1) is 0 Å². The van der Waals surface area contributed by atoms with Crippen LogP contribution in [0.2, 0.25) is 0 Å². The molecule has 140 valence electrons. The Kier molecular flexibility index (Phi) is 5.36. The molecule has 0 aromatic carbocycles. The molecule has 2 aliphatic heterocycles. The van der Waals surface area contributed by atoms with Crippen LogP contribution in [0.3, 0.4) is 0 Å². The molecule has 1 amide bonds. The Bertz CT molecular complexity index is 745. The van der Waals surface area contributed by atoms with E-state index in [-0.39, 0.29) is 18.0 Å². The molecule has 2 unspecified atom stereocenters. The molecule has 0 spiro atoms. The van der Waals surface area contributed by atoms with Gasteiger partial charge in [0, 0.05) is 41.7 Å². The number of carbonyl (C=O) groups excluding carboxylic acids is 1. The van der Waals surface area contributed by atoms with Gasteiger partial charge in [0.05, 0.1) is 0 Å². The van der Waals surface area contributed by atoms with Gasteiger partial charge in [-0.05, 0) is 32.8 Å². The van der Waals surface area contributed by atoms with Crippen LogP contribution >= 0.6 is 11.6 Å². The smallest absolute Gasteiger partial charge is 0.245 e. The Morgan fingerprint density at radius 2 is 2.15 bits per heavy atom. The van der Waals surface area contributed by atoms with Gasteiger partial charge in [-0.25, -0.2) is 9.97 Å². The van der Waals surface area contributed by atoms with Crippen molar-refractivity contribution in [3.05, 3.63) is 35.5 Å². The van der Waals surface area contributed by atoms with Crippen LogP contribution in [0.25, 0.3) is 5.57 Å². The van der Waals surface area contributed by atoms with E-state index in [2.05, 4.69) is 31.2 Å². The second kappa shape index (κ2) is 7.53. The Balaban J connectivity index is 1.75. The molecular formula is C18H25ClN6O. The molecule has 0 aliphatic carbocycles. The van der Waals surface area contributed by atoms with E-state index < -0.39 is 5.54 Å². The highest BCUT2D eigenvalue weighted by Crippen LogP contribution is 2.35. The molecule has 1 aromatic rings. The zero-order valence-electron chi connectivity index (χ0n) is 15.3. The van der Waals surface area contributed by atoms with Crippen LogP contribution in [0, 0.1) is 5.92 Å². The Hall–Kier alpha value is -2.28. The van der Waals surface area contributed by atoms with Gasteiger partial charge in [-0.1, -0.05) is 18.5 Å². The Morgan fingerprint density at radius 3 is 2.92 bits per heavy atom. The fourth-order valence-corrected chi connectivity index (χ4v) is 3.29. The predicted molar refractivity (Wildman–Crippen MR) is 103 cm³/mol. The summed E-state index contributed by atoms with van der Waals surface area (Å²) >= 11 is 6.18. The molecular weight excluding hydrogens is 352 g/mol. The highest BCUT2D eigenvalue weighted by Gasteiger charge is 2.34. The van der Waals surface area contributed by atoms with Crippen LogP contribution in [0.15, 0.2) is 29.7 Å². The van der Waals surface area contributed by atoms with E-state index in [9.17, 15) is 4.79 Å². The van der Waals surface area contributed by atoms with Crippen LogP contribution in [0.4, 0.5) is 5.82 Å². The molecule has 4 N–H and O–H groups in total. The second-order valence-electron chi connectivity index (χ2n) is 7.08. The topological polar surface area (TPSA) is 91.0 Å². The zero-order chi connectivity index (χ0) is 18.7. The van der Waals surface area contributed by atoms with Crippen molar-refractivity contribution >= 4 is 28.9 Å². The summed E-state index contributed by atoms with van der Waals surface area (Å²) in [5.41, 5.74) is 0.231. The first-order valence-corrected chi connectivity index (χ1v) is 9.25. The number of fused-ring (bicyclic) bond motifs is 1. The average molecular weight is 377 g/mol. The maximum atomic E-state index is 12.3. The van der Waals surface area contributed by atoms with E-state index in [1.807, 2.05) is 33.2 Å². The van der Waals surface area contributed by atoms with E-state index in [0.717, 1.165) is 23.4 Å². The third kappa shape index (κ3) is 3.93. The summed E-state index contributed by atoms with van der Waals surface area (Å²) < 4.78 is 0. The highest BCUT2D eigenvalue weighted by atomic mass is 35.5. The second-order valence-corrected chi connectivity index (χ2v) is 7.57. The predicted octanol–water partition coefficient (Wildman–Crippen LogP) is 2.15. The molecule has 0 radical (unpaired) electrons. The van der Waals surface area contributed by atoms with E-state index in [4.69, 9.17) is 11.6 Å². The third-order valence-corrected chi connectivity index (χ3v) is 4.78. The fourth-order valence-electron chi connectivity index (χ4n) is 3.06. The largest absolute Gasteiger partial charge is 0.370 e. The van der Waals surface area contributed by atoms with Crippen molar-refractivity contribution < 1.29 is 4.79 Å². The summed E-state index contributed by atoms with van der Waals surface area (Å²) in [7, 11) is 0. The number of carbonyl (C=O) groups is 1. The summed E-state index contributed by atoms with van der Waals surface area (Å²) in [6.45, 7) is 6.35. The number of nitrogens with zero attached hydrogens (tertiary/aromatic N) is 2. The van der Waals surface area contributed by atoms with Crippen molar-refractivity contribution in [3.8, 4) is 0 Å². The number of hydrogen-bond acceptors (Lipinski definition) is 6. The first kappa shape index (κ1) is 18.5. The van der Waals surface area contributed by atoms with Crippen LogP contribution in [0.5, 0.6) is 0 Å². The number of amides is 1. The van der Waals surface area contributed by atoms with Crippen LogP contribution < -0.4 is 21.3 Å². The van der Waals surface area contributed by atoms with E-state index in [1.54, 1.807) is 12.3 Å². The van der Waals surface area contributed by atoms with Gasteiger partial charge < -0.3 is 21.3 Å². The normalized spacial score (nSPS) is 21.7. The molecule has 0 bridgehead atoms. The maximum absolute atomic E-state index is 12.3. The lowest BCUT2D eigenvalue weighted by Gasteiger charge is -2.27. The summed E-state index contributed by atoms with van der Waals surface area (Å²) in [5, 5.41) is 13.4. The van der Waals surface area contributed by atoms with Crippen molar-refractivity contribution in [1.29, 1.82) is 0 Å². The number of halogens is 1. The van der Waals surface area contributed by atoms with Crippen LogP contribution in [-0.2, 0) is 4.79 Å². The summed E-state index contributed by atoms with van der Waals surface area (Å²) in [5.74, 6) is 1.35. The van der Waals surface area contributed by atoms with Gasteiger partial charge in [0.25, 0.3) is 0 Å². The minimum Gasteiger partial charge on any atom is -0.370 e. The standard InChI is InChI=1S/C18H25ClN6O/c1-4-6-21-17(26)18(2,3)25-14-5-7-20-16(24-14)13-10-23-15-12(13)8-11(19)9-22-15/h5,7,9-10,12,15,22-23H,4,6,8H2,1-3H3,(H,21,26)(H,20,24,25). The minimum atomic E-state index is -0.774. The molecule has 1 aromatic heterocycles. The van der Waals surface area contributed by atoms with Crippen LogP contribution in [-0.4, -0.2) is 34.1 Å². The number of anilines is 1. The highest BCUT2D eigenvalue weighted by molar-refractivity contribution is 6.29. The maximum Gasteiger partial charge on any atom is 0.245 e. The lowest BCUT2D eigenvalue weighted by atomic mass is 9.93. The van der Waals surface area contributed by atoms with Crippen LogP contribution in [0.1, 0.15) is 39.4 Å². The lowest BCUT2D eigenvalue weighted by Crippen LogP contribution is -2.48. The summed E-state index contributed by atoms with van der Waals surface area (Å²) in [6.07, 6.45) is 7.20. The van der Waals surface area contributed by atoms with Crippen molar-refractivity contribution in [2.45, 2.75) is 45.3 Å². The number of hydrogen-bond donors (Lipinski definition) is 4. The summed E-state index contributed by atoms with van der Waals surface area (Å²) in [4.78, 5) is 21.4. The number of allylic oxidation sites excluding steroid dienone is 1. The number of aromatic nitrogens is 2. The average Bonchev–Trinajstić information content (AvgIpc) is 3.02. The SMILES string of the molecule is CCCNC(=O)C(C)(C)Nc1ccnc(C2=CNC3NC=C(Cl)CC23)n1. The third-order valence-electron chi connectivity index (χ3n) is 4.51. The quantitative estimate of drug-likeness (QED) is 0.608. The first-order valence-electron chi connectivity index (χ1n) is 8.87. The first-order chi connectivity index (χ1) is 12.4. The van der Waals surface area contributed by atoms with Gasteiger partial charge in [-0.3, -0.25) is 4.79 Å². The van der Waals surface area contributed by atoms with Crippen molar-refractivity contribution in [3.63, 3.8) is 0 Å². The van der Waals surface area contributed by atoms with E-state index >= 15 is 0 Å². The number of nitrogens with one attached hydrogen (secondary N) is 4. The van der Waals surface area contributed by atoms with Crippen molar-refractivity contribution in [2.75, 3.05) is 11.9 Å². The number of rotatable bonds is 6. The monoisotopic (exact) mass is 376 g/mol. The Labute approximate surface area is 158 Å². The van der Waals surface area contributed by atoms with Gasteiger partial charge in [0.15, 0.2) is 5.82 Å². The summed E-state index contributed by atoms with van der Waals surface area (Å²) in [6, 6.07) is 1.77. The van der Waals surface area contributed by atoms with Gasteiger partial charge in [-0.2, -0.15) is 0 Å². The molecule has 26 heavy (non-hydrogen) atoms. The van der Waals surface area contributed by atoms with Crippen molar-refractivity contribution in [2.24, 2.45) is 5.92 Å². The Morgan fingerprint density at radius 1 is 1.38 bits per heavy atom. The molecule has 0 fully saturated rings. The lowest BCUT2D eigenvalue weighted by molar-refractivity contribution is -0.124. The van der Waals surface area contributed by atoms with Gasteiger partial charge >= 0.3 is 0 Å². The molecule has 2 atom stereocenters. The molecule has 0 saturated heterocycles. The van der Waals surface area contributed by atoms with Crippen molar-refractivity contribution in [1.82, 2.24) is 25.9 Å². The molecule has 8 heteroatoms. The van der Waals surface area contributed by atoms with Gasteiger partial charge in [0.1, 0.15) is 17.5 Å². The zero-order valence-corrected chi connectivity index (χ0v) is 16.0. The molecule has 0 saturated carbocycles. The van der Waals surface area contributed by atoms with E-state index in [1.165, 1.54) is 0 Å². The molecule has 3 rings (SSSR count).